The lowest BCUT2D eigenvalue weighted by atomic mass is 10.1. The van der Waals surface area contributed by atoms with Crippen LogP contribution in [-0.4, -0.2) is 54.6 Å². The lowest BCUT2D eigenvalue weighted by Gasteiger charge is -2.32. The number of ether oxygens (including phenoxy) is 1. The summed E-state index contributed by atoms with van der Waals surface area (Å²) in [5.41, 5.74) is 6.12. The molecular formula is C17H21N3O3. The van der Waals surface area contributed by atoms with E-state index in [1.807, 2.05) is 37.3 Å². The quantitative estimate of drug-likeness (QED) is 0.901. The van der Waals surface area contributed by atoms with Crippen molar-refractivity contribution < 1.29 is 14.3 Å². The largest absolute Gasteiger partial charge is 0.378 e. The number of carbonyl (C=O) groups is 2. The topological polar surface area (TPSA) is 61.9 Å². The van der Waals surface area contributed by atoms with Gasteiger partial charge in [-0.25, -0.2) is 5.01 Å². The molecule has 1 aromatic rings. The van der Waals surface area contributed by atoms with Crippen LogP contribution in [0.5, 0.6) is 0 Å². The average molecular weight is 315 g/mol. The van der Waals surface area contributed by atoms with Crippen LogP contribution in [0.25, 0.3) is 5.70 Å². The van der Waals surface area contributed by atoms with E-state index in [1.54, 1.807) is 4.90 Å². The molecule has 0 aliphatic carbocycles. The number of aryl methyl sites for hydroxylation is 1. The standard InChI is InChI=1S/C17H21N3O3/c1-13-2-4-14(5-3-13)15-6-7-16(21)20(18-15)12-17(22)19-8-10-23-11-9-19/h2-6,18H,7-12H2,1H3. The summed E-state index contributed by atoms with van der Waals surface area (Å²) in [6, 6.07) is 8.06. The van der Waals surface area contributed by atoms with E-state index in [9.17, 15) is 9.59 Å². The molecule has 1 aromatic carbocycles. The van der Waals surface area contributed by atoms with E-state index >= 15 is 0 Å². The number of hydrogen-bond acceptors (Lipinski definition) is 4. The summed E-state index contributed by atoms with van der Waals surface area (Å²) >= 11 is 0. The van der Waals surface area contributed by atoms with Crippen LogP contribution in [0.4, 0.5) is 0 Å². The molecule has 2 amide bonds. The van der Waals surface area contributed by atoms with Crippen molar-refractivity contribution in [2.24, 2.45) is 0 Å². The molecule has 23 heavy (non-hydrogen) atoms. The van der Waals surface area contributed by atoms with Crippen molar-refractivity contribution in [1.82, 2.24) is 15.3 Å². The Morgan fingerprint density at radius 1 is 1.22 bits per heavy atom. The third-order valence-corrected chi connectivity index (χ3v) is 4.06. The molecule has 0 aromatic heterocycles. The van der Waals surface area contributed by atoms with E-state index in [1.165, 1.54) is 10.6 Å². The Labute approximate surface area is 135 Å². The van der Waals surface area contributed by atoms with Crippen LogP contribution in [0.3, 0.4) is 0 Å². The Balaban J connectivity index is 1.66. The van der Waals surface area contributed by atoms with Crippen molar-refractivity contribution in [2.45, 2.75) is 13.3 Å². The van der Waals surface area contributed by atoms with Crippen molar-refractivity contribution in [3.8, 4) is 0 Å². The van der Waals surface area contributed by atoms with E-state index in [-0.39, 0.29) is 18.4 Å². The van der Waals surface area contributed by atoms with E-state index in [0.717, 1.165) is 11.3 Å². The molecule has 2 aliphatic rings. The van der Waals surface area contributed by atoms with Crippen molar-refractivity contribution in [1.29, 1.82) is 0 Å². The Kier molecular flexibility index (Phi) is 4.62. The summed E-state index contributed by atoms with van der Waals surface area (Å²) in [6.45, 7) is 4.36. The van der Waals surface area contributed by atoms with Crippen molar-refractivity contribution in [3.05, 3.63) is 41.5 Å². The second kappa shape index (κ2) is 6.83. The zero-order chi connectivity index (χ0) is 16.2. The Hall–Kier alpha value is -2.34. The fourth-order valence-electron chi connectivity index (χ4n) is 2.64. The lowest BCUT2D eigenvalue weighted by molar-refractivity contribution is -0.144. The molecule has 1 fully saturated rings. The SMILES string of the molecule is Cc1ccc(C2=CCC(=O)N(CC(=O)N3CCOCC3)N2)cc1. The monoisotopic (exact) mass is 315 g/mol. The van der Waals surface area contributed by atoms with Crippen LogP contribution in [0.2, 0.25) is 0 Å². The molecule has 0 saturated carbocycles. The van der Waals surface area contributed by atoms with Gasteiger partial charge in [-0.3, -0.25) is 15.0 Å². The van der Waals surface area contributed by atoms with Crippen LogP contribution in [0.1, 0.15) is 17.5 Å². The number of nitrogens with zero attached hydrogens (tertiary/aromatic N) is 2. The van der Waals surface area contributed by atoms with Crippen LogP contribution in [0.15, 0.2) is 30.3 Å². The fourth-order valence-corrected chi connectivity index (χ4v) is 2.64. The van der Waals surface area contributed by atoms with Crippen molar-refractivity contribution in [3.63, 3.8) is 0 Å². The van der Waals surface area contributed by atoms with Gasteiger partial charge in [-0.05, 0) is 18.6 Å². The summed E-state index contributed by atoms with van der Waals surface area (Å²) < 4.78 is 5.25. The molecule has 0 unspecified atom stereocenters. The molecule has 1 saturated heterocycles. The maximum Gasteiger partial charge on any atom is 0.245 e. The number of carbonyl (C=O) groups excluding carboxylic acids is 2. The first-order chi connectivity index (χ1) is 11.1. The highest BCUT2D eigenvalue weighted by molar-refractivity contribution is 5.88. The molecule has 3 rings (SSSR count). The first kappa shape index (κ1) is 15.6. The second-order valence-electron chi connectivity index (χ2n) is 5.77. The predicted octanol–water partition coefficient (Wildman–Crippen LogP) is 0.932. The number of nitrogens with one attached hydrogen (secondary N) is 1. The number of morpholine rings is 1. The minimum absolute atomic E-state index is 0.0437. The third kappa shape index (κ3) is 3.71. The van der Waals surface area contributed by atoms with Gasteiger partial charge in [-0.2, -0.15) is 0 Å². The number of amides is 2. The molecule has 0 radical (unpaired) electrons. The number of hydrogen-bond donors (Lipinski definition) is 1. The van der Waals surface area contributed by atoms with E-state index in [4.69, 9.17) is 4.74 Å². The van der Waals surface area contributed by atoms with E-state index in [2.05, 4.69) is 5.43 Å². The summed E-state index contributed by atoms with van der Waals surface area (Å²) in [5, 5.41) is 1.41. The Morgan fingerprint density at radius 2 is 1.91 bits per heavy atom. The minimum atomic E-state index is -0.0949. The van der Waals surface area contributed by atoms with Gasteiger partial charge < -0.3 is 9.64 Å². The minimum Gasteiger partial charge on any atom is -0.378 e. The van der Waals surface area contributed by atoms with Gasteiger partial charge >= 0.3 is 0 Å². The summed E-state index contributed by atoms with van der Waals surface area (Å²) in [6.07, 6.45) is 2.16. The maximum absolute atomic E-state index is 12.3. The van der Waals surface area contributed by atoms with Gasteiger partial charge in [0.2, 0.25) is 11.8 Å². The molecule has 122 valence electrons. The maximum atomic E-state index is 12.3. The Morgan fingerprint density at radius 3 is 2.61 bits per heavy atom. The summed E-state index contributed by atoms with van der Waals surface area (Å²) in [7, 11) is 0. The van der Waals surface area contributed by atoms with Gasteiger partial charge in [0.25, 0.3) is 0 Å². The molecule has 2 heterocycles. The van der Waals surface area contributed by atoms with Crippen LogP contribution >= 0.6 is 0 Å². The van der Waals surface area contributed by atoms with Crippen molar-refractivity contribution >= 4 is 17.5 Å². The van der Waals surface area contributed by atoms with Gasteiger partial charge in [-0.15, -0.1) is 0 Å². The average Bonchev–Trinajstić information content (AvgIpc) is 2.58. The summed E-state index contributed by atoms with van der Waals surface area (Å²) in [5.74, 6) is -0.151. The summed E-state index contributed by atoms with van der Waals surface area (Å²) in [4.78, 5) is 26.1. The number of hydrazine groups is 1. The fraction of sp³-hybridized carbons (Fsp3) is 0.412. The molecule has 6 heteroatoms. The first-order valence-electron chi connectivity index (χ1n) is 7.83. The molecule has 6 nitrogen and oxygen atoms in total. The predicted molar refractivity (Wildman–Crippen MR) is 86.0 cm³/mol. The van der Waals surface area contributed by atoms with Gasteiger partial charge in [0, 0.05) is 19.5 Å². The lowest BCUT2D eigenvalue weighted by Crippen LogP contribution is -2.52. The molecule has 2 aliphatic heterocycles. The molecular weight excluding hydrogens is 294 g/mol. The first-order valence-corrected chi connectivity index (χ1v) is 7.83. The number of benzene rings is 1. The highest BCUT2D eigenvalue weighted by Gasteiger charge is 2.25. The van der Waals surface area contributed by atoms with Crippen LogP contribution in [-0.2, 0) is 14.3 Å². The van der Waals surface area contributed by atoms with Gasteiger partial charge in [0.15, 0.2) is 0 Å². The van der Waals surface area contributed by atoms with Crippen molar-refractivity contribution in [2.75, 3.05) is 32.8 Å². The van der Waals surface area contributed by atoms with Gasteiger partial charge in [0.1, 0.15) is 6.54 Å². The third-order valence-electron chi connectivity index (χ3n) is 4.06. The number of rotatable bonds is 3. The van der Waals surface area contributed by atoms with Gasteiger partial charge in [0.05, 0.1) is 18.9 Å². The van der Waals surface area contributed by atoms with Crippen LogP contribution in [0, 0.1) is 6.92 Å². The molecule has 0 atom stereocenters. The Bertz CT molecular complexity index is 618. The zero-order valence-corrected chi connectivity index (χ0v) is 13.2. The second-order valence-corrected chi connectivity index (χ2v) is 5.77. The smallest absolute Gasteiger partial charge is 0.245 e. The zero-order valence-electron chi connectivity index (χ0n) is 13.2. The molecule has 0 spiro atoms. The van der Waals surface area contributed by atoms with E-state index < -0.39 is 0 Å². The molecule has 1 N–H and O–H groups in total. The normalized spacial score (nSPS) is 18.5. The highest BCUT2D eigenvalue weighted by atomic mass is 16.5. The molecule has 0 bridgehead atoms. The van der Waals surface area contributed by atoms with Crippen LogP contribution < -0.4 is 5.43 Å². The van der Waals surface area contributed by atoms with E-state index in [0.29, 0.717) is 32.7 Å². The van der Waals surface area contributed by atoms with Gasteiger partial charge in [-0.1, -0.05) is 29.8 Å². The highest BCUT2D eigenvalue weighted by Crippen LogP contribution is 2.18.